The molecule has 138 valence electrons. The maximum atomic E-state index is 12.0. The number of nitrogens with zero attached hydrogens (tertiary/aromatic N) is 3. The van der Waals surface area contributed by atoms with Crippen molar-refractivity contribution in [3.8, 4) is 6.07 Å². The molecule has 0 saturated heterocycles. The molecule has 5 N–H and O–H groups in total. The van der Waals surface area contributed by atoms with Crippen molar-refractivity contribution in [1.82, 2.24) is 16.3 Å². The van der Waals surface area contributed by atoms with Gasteiger partial charge in [0.25, 0.3) is 11.8 Å². The Bertz CT molecular complexity index is 890. The Balaban J connectivity index is 1.92. The molecule has 0 radical (unpaired) electrons. The van der Waals surface area contributed by atoms with Crippen LogP contribution in [-0.2, 0) is 4.79 Å². The lowest BCUT2D eigenvalue weighted by molar-refractivity contribution is -0.377. The minimum atomic E-state index is -1.41. The maximum absolute atomic E-state index is 12.0. The third kappa shape index (κ3) is 5.07. The average molecular weight is 368 g/mol. The summed E-state index contributed by atoms with van der Waals surface area (Å²) in [6.45, 7) is 0. The summed E-state index contributed by atoms with van der Waals surface area (Å²) in [6, 6.07) is 6.53. The fourth-order valence-electron chi connectivity index (χ4n) is 1.90. The zero-order valence-electron chi connectivity index (χ0n) is 13.7. The molecule has 2 amide bonds. The van der Waals surface area contributed by atoms with Crippen LogP contribution in [0.5, 0.6) is 0 Å². The first-order chi connectivity index (χ1) is 12.9. The molecule has 27 heavy (non-hydrogen) atoms. The molecule has 1 unspecified atom stereocenters. The molecule has 1 aliphatic carbocycles. The Morgan fingerprint density at radius 1 is 1.15 bits per heavy atom. The van der Waals surface area contributed by atoms with Gasteiger partial charge in [-0.25, -0.2) is 0 Å². The fourth-order valence-corrected chi connectivity index (χ4v) is 1.90. The van der Waals surface area contributed by atoms with E-state index in [0.29, 0.717) is 0 Å². The third-order valence-electron chi connectivity index (χ3n) is 3.28. The number of hydrogen-bond acceptors (Lipinski definition) is 8. The van der Waals surface area contributed by atoms with Crippen LogP contribution in [0.4, 0.5) is 5.69 Å². The van der Waals surface area contributed by atoms with Gasteiger partial charge in [0.15, 0.2) is 0 Å². The minimum Gasteiger partial charge on any atom is -0.612 e. The van der Waals surface area contributed by atoms with Crippen molar-refractivity contribution in [2.24, 2.45) is 5.10 Å². The van der Waals surface area contributed by atoms with Crippen LogP contribution in [0.15, 0.2) is 53.7 Å². The van der Waals surface area contributed by atoms with Gasteiger partial charge >= 0.3 is 0 Å². The second-order valence-corrected chi connectivity index (χ2v) is 5.11. The first kappa shape index (κ1) is 19.0. The lowest BCUT2D eigenvalue weighted by Crippen LogP contribution is -2.49. The topological polar surface area (TPSA) is 182 Å². The van der Waals surface area contributed by atoms with Crippen molar-refractivity contribution >= 4 is 28.9 Å². The summed E-state index contributed by atoms with van der Waals surface area (Å²) in [7, 11) is 0. The molecular weight excluding hydrogens is 354 g/mol. The van der Waals surface area contributed by atoms with Crippen LogP contribution in [0.1, 0.15) is 10.4 Å². The van der Waals surface area contributed by atoms with E-state index in [1.54, 1.807) is 18.2 Å². The van der Waals surface area contributed by atoms with Gasteiger partial charge in [-0.2, -0.15) is 15.3 Å². The van der Waals surface area contributed by atoms with Crippen LogP contribution in [0.3, 0.4) is 0 Å². The van der Waals surface area contributed by atoms with E-state index in [0.717, 1.165) is 0 Å². The predicted octanol–water partition coefficient (Wildman–Crippen LogP) is -0.557. The smallest absolute Gasteiger partial charge is 0.277 e. The molecule has 11 heteroatoms. The summed E-state index contributed by atoms with van der Waals surface area (Å²) in [6.07, 6.45) is 5.15. The van der Waals surface area contributed by atoms with Crippen molar-refractivity contribution in [2.75, 3.05) is 5.73 Å². The molecule has 0 aliphatic heterocycles. The SMILES string of the molecule is N#CC(NN=C1C=CC(=[N+]([O-])[O-])C=C1)C(=O)NNC(=O)c1ccccc1N. The second kappa shape index (κ2) is 8.67. The van der Waals surface area contributed by atoms with E-state index >= 15 is 0 Å². The molecule has 0 spiro atoms. The van der Waals surface area contributed by atoms with Crippen molar-refractivity contribution < 1.29 is 14.5 Å². The van der Waals surface area contributed by atoms with E-state index in [4.69, 9.17) is 11.0 Å². The Morgan fingerprint density at radius 2 is 1.81 bits per heavy atom. The lowest BCUT2D eigenvalue weighted by Gasteiger charge is -2.12. The summed E-state index contributed by atoms with van der Waals surface area (Å²) in [5.41, 5.74) is 12.8. The Hall–Kier alpha value is -4.33. The normalized spacial score (nSPS) is 13.3. The highest BCUT2D eigenvalue weighted by atomic mass is 16.8. The molecule has 1 atom stereocenters. The molecule has 0 saturated carbocycles. The first-order valence-electron chi connectivity index (χ1n) is 7.47. The number of carbonyl (C=O) groups excluding carboxylic acids is 2. The van der Waals surface area contributed by atoms with Crippen molar-refractivity contribution in [1.29, 1.82) is 5.26 Å². The summed E-state index contributed by atoms with van der Waals surface area (Å²) in [4.78, 5) is 23.4. The Labute approximate surface area is 153 Å². The number of nitrogens with one attached hydrogen (secondary N) is 3. The van der Waals surface area contributed by atoms with Crippen LogP contribution in [0.25, 0.3) is 0 Å². The molecule has 1 aromatic rings. The van der Waals surface area contributed by atoms with E-state index < -0.39 is 22.8 Å². The van der Waals surface area contributed by atoms with E-state index in [-0.39, 0.29) is 22.7 Å². The number of nitrogen functional groups attached to an aromatic ring is 1. The van der Waals surface area contributed by atoms with Gasteiger partial charge < -0.3 is 16.1 Å². The summed E-state index contributed by atoms with van der Waals surface area (Å²) in [5, 5.41) is 34.0. The number of hydrogen-bond donors (Lipinski definition) is 4. The maximum Gasteiger partial charge on any atom is 0.277 e. The van der Waals surface area contributed by atoms with Gasteiger partial charge in [-0.1, -0.05) is 12.1 Å². The quantitative estimate of drug-likeness (QED) is 0.238. The summed E-state index contributed by atoms with van der Waals surface area (Å²) in [5.74, 6) is -1.50. The Kier molecular flexibility index (Phi) is 6.10. The van der Waals surface area contributed by atoms with E-state index in [1.165, 1.54) is 36.4 Å². The summed E-state index contributed by atoms with van der Waals surface area (Å²) < 4.78 is 0. The number of benzene rings is 1. The monoisotopic (exact) mass is 368 g/mol. The zero-order chi connectivity index (χ0) is 19.8. The van der Waals surface area contributed by atoms with Gasteiger partial charge in [-0.3, -0.25) is 25.9 Å². The fraction of sp³-hybridized carbons (Fsp3) is 0.0625. The van der Waals surface area contributed by atoms with Gasteiger partial charge in [0.1, 0.15) is 0 Å². The number of nitrogens with two attached hydrogens (primary N) is 1. The predicted molar refractivity (Wildman–Crippen MR) is 96.7 cm³/mol. The molecule has 2 rings (SSSR count). The molecule has 0 fully saturated rings. The number of allylic oxidation sites excluding steroid dienone is 4. The van der Waals surface area contributed by atoms with Gasteiger partial charge in [0.2, 0.25) is 11.8 Å². The number of nitriles is 1. The molecule has 0 aromatic heterocycles. The standard InChI is InChI=1S/C16H14N7O4/c17-9-14(20-19-10-5-7-11(8-6-10)23(26)27)16(25)22-21-15(24)12-3-1-2-4-13(12)18/h1-8,14,20H,(H4-,18,19,21,22,24,25,26,27)/q-1. The minimum absolute atomic E-state index is 0.119. The zero-order valence-corrected chi connectivity index (χ0v) is 13.7. The highest BCUT2D eigenvalue weighted by Gasteiger charge is 2.18. The lowest BCUT2D eigenvalue weighted by atomic mass is 10.1. The molecule has 0 heterocycles. The number of hydrazine groups is 1. The second-order valence-electron chi connectivity index (χ2n) is 5.11. The van der Waals surface area contributed by atoms with E-state index in [1.807, 2.05) is 0 Å². The van der Waals surface area contributed by atoms with Crippen LogP contribution in [0.2, 0.25) is 0 Å². The number of hydrazone groups is 1. The molecule has 1 aromatic carbocycles. The van der Waals surface area contributed by atoms with E-state index in [2.05, 4.69) is 21.4 Å². The Morgan fingerprint density at radius 3 is 2.41 bits per heavy atom. The molecule has 0 bridgehead atoms. The van der Waals surface area contributed by atoms with Crippen molar-refractivity contribution in [3.63, 3.8) is 0 Å². The highest BCUT2D eigenvalue weighted by Crippen LogP contribution is 2.09. The molecule has 11 nitrogen and oxygen atoms in total. The van der Waals surface area contributed by atoms with Crippen molar-refractivity contribution in [3.05, 3.63) is 64.5 Å². The summed E-state index contributed by atoms with van der Waals surface area (Å²) >= 11 is 0. The molecule has 1 aliphatic rings. The molecular formula is C16H14N7O4-. The largest absolute Gasteiger partial charge is 0.612 e. The van der Waals surface area contributed by atoms with Gasteiger partial charge in [0, 0.05) is 17.8 Å². The van der Waals surface area contributed by atoms with Crippen LogP contribution < -0.4 is 22.0 Å². The average Bonchev–Trinajstić information content (AvgIpc) is 2.67. The third-order valence-corrected chi connectivity index (χ3v) is 3.28. The van der Waals surface area contributed by atoms with Gasteiger partial charge in [-0.15, -0.1) is 0 Å². The van der Waals surface area contributed by atoms with Crippen molar-refractivity contribution in [2.45, 2.75) is 6.04 Å². The first-order valence-corrected chi connectivity index (χ1v) is 7.47. The number of rotatable bonds is 4. The van der Waals surface area contributed by atoms with Gasteiger partial charge in [-0.05, 0) is 24.3 Å². The van der Waals surface area contributed by atoms with Crippen LogP contribution >= 0.6 is 0 Å². The highest BCUT2D eigenvalue weighted by molar-refractivity contribution is 6.16. The van der Waals surface area contributed by atoms with E-state index in [9.17, 15) is 20.0 Å². The van der Waals surface area contributed by atoms with Crippen LogP contribution in [-0.4, -0.2) is 34.2 Å². The number of para-hydroxylation sites is 1. The number of amides is 2. The van der Waals surface area contributed by atoms with Gasteiger partial charge in [0.05, 0.1) is 17.3 Å². The number of carbonyl (C=O) groups is 2. The van der Waals surface area contributed by atoms with Crippen LogP contribution in [0, 0.1) is 21.7 Å². The number of anilines is 1.